The number of nitrogens with two attached hydrogens (primary N) is 1. The van der Waals surface area contributed by atoms with Gasteiger partial charge in [-0.1, -0.05) is 35.8 Å². The highest BCUT2D eigenvalue weighted by molar-refractivity contribution is 7.89. The molecule has 0 aromatic heterocycles. The van der Waals surface area contributed by atoms with Crippen molar-refractivity contribution in [2.24, 2.45) is 5.14 Å². The largest absolute Gasteiger partial charge is 0.497 e. The van der Waals surface area contributed by atoms with E-state index in [9.17, 15) is 8.42 Å². The van der Waals surface area contributed by atoms with Gasteiger partial charge in [0.2, 0.25) is 10.0 Å². The van der Waals surface area contributed by atoms with Gasteiger partial charge in [0.1, 0.15) is 11.5 Å². The van der Waals surface area contributed by atoms with Gasteiger partial charge in [-0.15, -0.1) is 0 Å². The zero-order valence-corrected chi connectivity index (χ0v) is 20.6. The molecule has 0 aliphatic rings. The molecule has 0 saturated carbocycles. The number of nitrogens with zero attached hydrogens (tertiary/aromatic N) is 1. The average Bonchev–Trinajstić information content (AvgIpc) is 2.87. The molecule has 2 N–H and O–H groups in total. The molecule has 7 heteroatoms. The highest BCUT2D eigenvalue weighted by Gasteiger charge is 2.08. The second-order valence-electron chi connectivity index (χ2n) is 7.71. The van der Waals surface area contributed by atoms with Crippen LogP contribution in [-0.4, -0.2) is 47.2 Å². The van der Waals surface area contributed by atoms with Crippen molar-refractivity contribution in [2.75, 3.05) is 33.9 Å². The lowest BCUT2D eigenvalue weighted by atomic mass is 10.1. The monoisotopic (exact) mass is 488 g/mol. The maximum absolute atomic E-state index is 11.5. The molecular weight excluding hydrogens is 460 g/mol. The summed E-state index contributed by atoms with van der Waals surface area (Å²) < 4.78 is 33.3. The van der Waals surface area contributed by atoms with E-state index >= 15 is 0 Å². The quantitative estimate of drug-likeness (QED) is 0.492. The first-order valence-electron chi connectivity index (χ1n) is 11.0. The van der Waals surface area contributed by atoms with Crippen LogP contribution in [0.4, 0.5) is 0 Å². The fraction of sp³-hybridized carbons (Fsp3) is 0.214. The van der Waals surface area contributed by atoms with Gasteiger partial charge in [-0.2, -0.15) is 0 Å². The topological polar surface area (TPSA) is 81.9 Å². The summed E-state index contributed by atoms with van der Waals surface area (Å²) in [6, 6.07) is 21.8. The molecule has 0 saturated heterocycles. The Bertz CT molecular complexity index is 1260. The summed E-state index contributed by atoms with van der Waals surface area (Å²) in [6.07, 6.45) is 0.722. The maximum atomic E-state index is 11.5. The number of sulfonamides is 1. The number of hydrogen-bond donors (Lipinski definition) is 1. The van der Waals surface area contributed by atoms with Crippen molar-refractivity contribution in [1.29, 1.82) is 0 Å². The lowest BCUT2D eigenvalue weighted by Gasteiger charge is -2.16. The average molecular weight is 489 g/mol. The van der Waals surface area contributed by atoms with Crippen molar-refractivity contribution in [3.63, 3.8) is 0 Å². The standard InChI is InChI=1S/C28H28N2O4S/c1-33-26-13-7-23(8-14-26)5-3-20-30(21-4-6-24-9-15-27(34-2)16-10-24)22-19-25-11-17-28(18-12-25)35(29,31)32/h7-18H,19-22H2,1-2H3,(H2,29,31,32). The van der Waals surface area contributed by atoms with Crippen molar-refractivity contribution < 1.29 is 17.9 Å². The van der Waals surface area contributed by atoms with Gasteiger partial charge >= 0.3 is 0 Å². The SMILES string of the molecule is COc1ccc(C#CCN(CC#Cc2ccc(OC)cc2)CCc2ccc(S(N)(=O)=O)cc2)cc1. The van der Waals surface area contributed by atoms with Crippen molar-refractivity contribution in [3.8, 4) is 35.2 Å². The predicted octanol–water partition coefficient (Wildman–Crippen LogP) is 3.30. The molecule has 0 heterocycles. The van der Waals surface area contributed by atoms with Crippen LogP contribution in [0.5, 0.6) is 11.5 Å². The second-order valence-corrected chi connectivity index (χ2v) is 9.27. The molecule has 0 unspecified atom stereocenters. The van der Waals surface area contributed by atoms with Crippen LogP contribution in [0.1, 0.15) is 16.7 Å². The third kappa shape index (κ3) is 8.51. The van der Waals surface area contributed by atoms with E-state index in [1.54, 1.807) is 26.4 Å². The van der Waals surface area contributed by atoms with Crippen LogP contribution in [0.3, 0.4) is 0 Å². The molecule has 0 aliphatic heterocycles. The molecule has 35 heavy (non-hydrogen) atoms. The fourth-order valence-corrected chi connectivity index (χ4v) is 3.72. The first-order valence-corrected chi connectivity index (χ1v) is 12.5. The van der Waals surface area contributed by atoms with Gasteiger partial charge in [0, 0.05) is 17.7 Å². The molecular formula is C28H28N2O4S. The molecule has 0 bridgehead atoms. The Balaban J connectivity index is 1.68. The van der Waals surface area contributed by atoms with Gasteiger partial charge in [-0.3, -0.25) is 4.90 Å². The Kier molecular flexibility index (Phi) is 9.34. The summed E-state index contributed by atoms with van der Waals surface area (Å²) in [5.74, 6) is 14.4. The lowest BCUT2D eigenvalue weighted by Crippen LogP contribution is -2.27. The minimum Gasteiger partial charge on any atom is -0.497 e. The highest BCUT2D eigenvalue weighted by atomic mass is 32.2. The Morgan fingerprint density at radius 1 is 0.743 bits per heavy atom. The number of methoxy groups -OCH3 is 2. The van der Waals surface area contributed by atoms with Gasteiger partial charge in [0.15, 0.2) is 0 Å². The van der Waals surface area contributed by atoms with Crippen LogP contribution < -0.4 is 14.6 Å². The van der Waals surface area contributed by atoms with Crippen LogP contribution in [0, 0.1) is 23.7 Å². The summed E-state index contributed by atoms with van der Waals surface area (Å²) in [7, 11) is -0.433. The van der Waals surface area contributed by atoms with Crippen molar-refractivity contribution >= 4 is 10.0 Å². The van der Waals surface area contributed by atoms with Crippen molar-refractivity contribution in [1.82, 2.24) is 4.90 Å². The van der Waals surface area contributed by atoms with Crippen molar-refractivity contribution in [2.45, 2.75) is 11.3 Å². The minimum absolute atomic E-state index is 0.105. The fourth-order valence-electron chi connectivity index (χ4n) is 3.20. The van der Waals surface area contributed by atoms with E-state index in [2.05, 4.69) is 28.6 Å². The molecule has 0 aliphatic carbocycles. The molecule has 180 valence electrons. The maximum Gasteiger partial charge on any atom is 0.238 e. The molecule has 3 aromatic rings. The van der Waals surface area contributed by atoms with E-state index in [0.29, 0.717) is 19.6 Å². The molecule has 0 fully saturated rings. The molecule has 3 aromatic carbocycles. The third-order valence-corrected chi connectivity index (χ3v) is 6.15. The van der Waals surface area contributed by atoms with Gasteiger partial charge < -0.3 is 9.47 Å². The molecule has 3 rings (SSSR count). The number of hydrogen-bond acceptors (Lipinski definition) is 5. The smallest absolute Gasteiger partial charge is 0.238 e. The second kappa shape index (κ2) is 12.6. The Morgan fingerprint density at radius 3 is 1.60 bits per heavy atom. The van der Waals surface area contributed by atoms with Crippen LogP contribution >= 0.6 is 0 Å². The third-order valence-electron chi connectivity index (χ3n) is 5.22. The van der Waals surface area contributed by atoms with Crippen LogP contribution in [0.25, 0.3) is 0 Å². The minimum atomic E-state index is -3.70. The predicted molar refractivity (Wildman–Crippen MR) is 138 cm³/mol. The summed E-state index contributed by atoms with van der Waals surface area (Å²) in [5.41, 5.74) is 2.83. The normalized spacial score (nSPS) is 10.6. The lowest BCUT2D eigenvalue weighted by molar-refractivity contribution is 0.349. The van der Waals surface area contributed by atoms with Gasteiger partial charge in [-0.05, 0) is 72.6 Å². The first-order chi connectivity index (χ1) is 16.9. The number of ether oxygens (including phenoxy) is 2. The van der Waals surface area contributed by atoms with E-state index in [0.717, 1.165) is 34.6 Å². The van der Waals surface area contributed by atoms with E-state index in [4.69, 9.17) is 14.6 Å². The van der Waals surface area contributed by atoms with E-state index in [1.165, 1.54) is 12.1 Å². The molecule has 0 amide bonds. The summed E-state index contributed by atoms with van der Waals surface area (Å²) in [4.78, 5) is 2.26. The number of primary sulfonamides is 1. The molecule has 0 radical (unpaired) electrons. The van der Waals surface area contributed by atoms with E-state index in [-0.39, 0.29) is 4.90 Å². The zero-order chi connectivity index (χ0) is 25.1. The van der Waals surface area contributed by atoms with Gasteiger partial charge in [0.25, 0.3) is 0 Å². The molecule has 0 spiro atoms. The summed E-state index contributed by atoms with van der Waals surface area (Å²) in [5, 5.41) is 5.19. The van der Waals surface area contributed by atoms with E-state index in [1.807, 2.05) is 48.5 Å². The zero-order valence-electron chi connectivity index (χ0n) is 19.8. The number of benzene rings is 3. The van der Waals surface area contributed by atoms with Gasteiger partial charge in [0.05, 0.1) is 32.2 Å². The van der Waals surface area contributed by atoms with Gasteiger partial charge in [-0.25, -0.2) is 13.6 Å². The van der Waals surface area contributed by atoms with Crippen LogP contribution in [0.15, 0.2) is 77.7 Å². The Morgan fingerprint density at radius 2 is 1.20 bits per heavy atom. The van der Waals surface area contributed by atoms with Crippen LogP contribution in [-0.2, 0) is 16.4 Å². The highest BCUT2D eigenvalue weighted by Crippen LogP contribution is 2.12. The Labute approximate surface area is 207 Å². The molecule has 6 nitrogen and oxygen atoms in total. The van der Waals surface area contributed by atoms with Crippen molar-refractivity contribution in [3.05, 3.63) is 89.5 Å². The van der Waals surface area contributed by atoms with Crippen LogP contribution in [0.2, 0.25) is 0 Å². The number of rotatable bonds is 8. The first kappa shape index (κ1) is 25.9. The summed E-state index contributed by atoms with van der Waals surface area (Å²) in [6.45, 7) is 1.79. The summed E-state index contributed by atoms with van der Waals surface area (Å²) >= 11 is 0. The molecule has 0 atom stereocenters. The van der Waals surface area contributed by atoms with E-state index < -0.39 is 10.0 Å². The Hall–Kier alpha value is -3.75.